The van der Waals surface area contributed by atoms with Crippen molar-refractivity contribution in [2.45, 2.75) is 19.9 Å². The predicted octanol–water partition coefficient (Wildman–Crippen LogP) is 5.04. The molecule has 0 atom stereocenters. The lowest BCUT2D eigenvalue weighted by Crippen LogP contribution is -2.20. The Kier molecular flexibility index (Phi) is 5.66. The number of imidazole rings is 1. The smallest absolute Gasteiger partial charge is 0.244 e. The number of ether oxygens (including phenoxy) is 2. The van der Waals surface area contributed by atoms with Crippen LogP contribution in [-0.4, -0.2) is 22.6 Å². The molecule has 0 bridgehead atoms. The molecular formula is C24H23N3O3. The van der Waals surface area contributed by atoms with E-state index >= 15 is 0 Å². The van der Waals surface area contributed by atoms with Crippen LogP contribution in [0.5, 0.6) is 17.2 Å². The van der Waals surface area contributed by atoms with Crippen molar-refractivity contribution in [3.05, 3.63) is 78.6 Å². The number of nitrogens with zero attached hydrogens (tertiary/aromatic N) is 2. The number of methoxy groups -OCH3 is 1. The zero-order chi connectivity index (χ0) is 20.9. The Balaban J connectivity index is 1.44. The molecule has 1 aromatic heterocycles. The number of aromatic nitrogens is 2. The molecular weight excluding hydrogens is 378 g/mol. The van der Waals surface area contributed by atoms with E-state index in [0.29, 0.717) is 22.9 Å². The van der Waals surface area contributed by atoms with E-state index < -0.39 is 0 Å². The number of para-hydroxylation sites is 4. The lowest BCUT2D eigenvalue weighted by Gasteiger charge is -2.11. The SMILES string of the molecule is CCc1nc2ccccc2n1CC(=O)Nc1ccc(Oc2ccccc2OC)cc1. The molecule has 4 rings (SSSR count). The lowest BCUT2D eigenvalue weighted by atomic mass is 10.3. The Morgan fingerprint density at radius 3 is 2.40 bits per heavy atom. The predicted molar refractivity (Wildman–Crippen MR) is 117 cm³/mol. The molecule has 4 aromatic rings. The number of amides is 1. The van der Waals surface area contributed by atoms with Crippen molar-refractivity contribution in [3.63, 3.8) is 0 Å². The molecule has 1 heterocycles. The van der Waals surface area contributed by atoms with Gasteiger partial charge in [0.25, 0.3) is 0 Å². The molecule has 0 saturated carbocycles. The largest absolute Gasteiger partial charge is 0.493 e. The second-order valence-corrected chi connectivity index (χ2v) is 6.78. The molecule has 6 heteroatoms. The van der Waals surface area contributed by atoms with Crippen LogP contribution < -0.4 is 14.8 Å². The van der Waals surface area contributed by atoms with Gasteiger partial charge in [-0.2, -0.15) is 0 Å². The van der Waals surface area contributed by atoms with Gasteiger partial charge in [0.05, 0.1) is 18.1 Å². The fourth-order valence-electron chi connectivity index (χ4n) is 3.35. The summed E-state index contributed by atoms with van der Waals surface area (Å²) < 4.78 is 13.1. The first-order chi connectivity index (χ1) is 14.7. The van der Waals surface area contributed by atoms with E-state index in [1.165, 1.54) is 0 Å². The summed E-state index contributed by atoms with van der Waals surface area (Å²) in [5, 5.41) is 2.94. The standard InChI is InChI=1S/C24H23N3O3/c1-3-23-26-19-8-4-5-9-20(19)27(23)16-24(28)25-17-12-14-18(15-13-17)30-22-11-7-6-10-21(22)29-2/h4-15H,3,16H2,1-2H3,(H,25,28). The highest BCUT2D eigenvalue weighted by molar-refractivity contribution is 5.91. The first-order valence-corrected chi connectivity index (χ1v) is 9.83. The lowest BCUT2D eigenvalue weighted by molar-refractivity contribution is -0.116. The second kappa shape index (κ2) is 8.69. The van der Waals surface area contributed by atoms with Gasteiger partial charge in [-0.3, -0.25) is 4.79 Å². The number of hydrogen-bond donors (Lipinski definition) is 1. The number of aryl methyl sites for hydroxylation is 1. The summed E-state index contributed by atoms with van der Waals surface area (Å²) in [5.41, 5.74) is 2.57. The molecule has 0 spiro atoms. The third kappa shape index (κ3) is 4.12. The van der Waals surface area contributed by atoms with Gasteiger partial charge in [0.2, 0.25) is 5.91 Å². The van der Waals surface area contributed by atoms with Crippen LogP contribution in [-0.2, 0) is 17.8 Å². The van der Waals surface area contributed by atoms with E-state index in [4.69, 9.17) is 9.47 Å². The van der Waals surface area contributed by atoms with Crippen LogP contribution in [0.2, 0.25) is 0 Å². The van der Waals surface area contributed by atoms with Crippen LogP contribution in [0, 0.1) is 0 Å². The first-order valence-electron chi connectivity index (χ1n) is 9.83. The Morgan fingerprint density at radius 2 is 1.67 bits per heavy atom. The summed E-state index contributed by atoms with van der Waals surface area (Å²) >= 11 is 0. The maximum absolute atomic E-state index is 12.6. The highest BCUT2D eigenvalue weighted by atomic mass is 16.5. The van der Waals surface area contributed by atoms with Crippen LogP contribution in [0.25, 0.3) is 11.0 Å². The summed E-state index contributed by atoms with van der Waals surface area (Å²) in [4.78, 5) is 17.3. The molecule has 3 aromatic carbocycles. The molecule has 0 radical (unpaired) electrons. The summed E-state index contributed by atoms with van der Waals surface area (Å²) in [6, 6.07) is 22.6. The average Bonchev–Trinajstić information content (AvgIpc) is 3.13. The average molecular weight is 401 g/mol. The Hall–Kier alpha value is -3.80. The van der Waals surface area contributed by atoms with Crippen molar-refractivity contribution in [2.24, 2.45) is 0 Å². The Morgan fingerprint density at radius 1 is 0.967 bits per heavy atom. The molecule has 0 saturated heterocycles. The topological polar surface area (TPSA) is 65.4 Å². The Labute approximate surface area is 175 Å². The number of nitrogens with one attached hydrogen (secondary N) is 1. The van der Waals surface area contributed by atoms with E-state index in [2.05, 4.69) is 10.3 Å². The zero-order valence-corrected chi connectivity index (χ0v) is 17.0. The van der Waals surface area contributed by atoms with Gasteiger partial charge in [-0.15, -0.1) is 0 Å². The molecule has 0 aliphatic rings. The monoisotopic (exact) mass is 401 g/mol. The molecule has 152 valence electrons. The summed E-state index contributed by atoms with van der Waals surface area (Å²) in [5.74, 6) is 2.74. The van der Waals surface area contributed by atoms with Gasteiger partial charge in [-0.25, -0.2) is 4.98 Å². The molecule has 1 amide bonds. The van der Waals surface area contributed by atoms with E-state index in [1.807, 2.05) is 84.3 Å². The van der Waals surface area contributed by atoms with E-state index in [-0.39, 0.29) is 12.5 Å². The van der Waals surface area contributed by atoms with Crippen molar-refractivity contribution in [1.29, 1.82) is 0 Å². The summed E-state index contributed by atoms with van der Waals surface area (Å²) in [6.07, 6.45) is 0.761. The summed E-state index contributed by atoms with van der Waals surface area (Å²) in [7, 11) is 1.61. The van der Waals surface area contributed by atoms with Crippen molar-refractivity contribution in [1.82, 2.24) is 9.55 Å². The molecule has 30 heavy (non-hydrogen) atoms. The van der Waals surface area contributed by atoms with E-state index in [0.717, 1.165) is 23.3 Å². The van der Waals surface area contributed by atoms with Crippen molar-refractivity contribution in [3.8, 4) is 17.2 Å². The Bertz CT molecular complexity index is 1170. The van der Waals surface area contributed by atoms with Crippen LogP contribution in [0.15, 0.2) is 72.8 Å². The number of fused-ring (bicyclic) bond motifs is 1. The van der Waals surface area contributed by atoms with Crippen molar-refractivity contribution in [2.75, 3.05) is 12.4 Å². The highest BCUT2D eigenvalue weighted by Crippen LogP contribution is 2.31. The van der Waals surface area contributed by atoms with E-state index in [9.17, 15) is 4.79 Å². The van der Waals surface area contributed by atoms with E-state index in [1.54, 1.807) is 7.11 Å². The molecule has 0 unspecified atom stereocenters. The number of carbonyl (C=O) groups is 1. The molecule has 0 aliphatic heterocycles. The number of rotatable bonds is 7. The van der Waals surface area contributed by atoms with Gasteiger partial charge in [0.1, 0.15) is 18.1 Å². The van der Waals surface area contributed by atoms with Gasteiger partial charge in [0, 0.05) is 12.1 Å². The molecule has 6 nitrogen and oxygen atoms in total. The third-order valence-corrected chi connectivity index (χ3v) is 4.79. The highest BCUT2D eigenvalue weighted by Gasteiger charge is 2.12. The zero-order valence-electron chi connectivity index (χ0n) is 17.0. The van der Waals surface area contributed by atoms with Gasteiger partial charge < -0.3 is 19.4 Å². The normalized spacial score (nSPS) is 10.7. The number of benzene rings is 3. The van der Waals surface area contributed by atoms with Crippen LogP contribution in [0.1, 0.15) is 12.7 Å². The number of anilines is 1. The fourth-order valence-corrected chi connectivity index (χ4v) is 3.35. The van der Waals surface area contributed by atoms with Gasteiger partial charge in [-0.1, -0.05) is 31.2 Å². The van der Waals surface area contributed by atoms with Crippen molar-refractivity contribution >= 4 is 22.6 Å². The third-order valence-electron chi connectivity index (χ3n) is 4.79. The quantitative estimate of drug-likeness (QED) is 0.471. The van der Waals surface area contributed by atoms with Crippen molar-refractivity contribution < 1.29 is 14.3 Å². The van der Waals surface area contributed by atoms with Crippen LogP contribution >= 0.6 is 0 Å². The minimum absolute atomic E-state index is 0.105. The number of carbonyl (C=O) groups excluding carboxylic acids is 1. The minimum Gasteiger partial charge on any atom is -0.493 e. The summed E-state index contributed by atoms with van der Waals surface area (Å²) in [6.45, 7) is 2.25. The molecule has 1 N–H and O–H groups in total. The fraction of sp³-hybridized carbons (Fsp3) is 0.167. The van der Waals surface area contributed by atoms with Gasteiger partial charge in [-0.05, 0) is 48.5 Å². The molecule has 0 fully saturated rings. The molecule has 0 aliphatic carbocycles. The first kappa shape index (κ1) is 19.5. The van der Waals surface area contributed by atoms with Crippen LogP contribution in [0.4, 0.5) is 5.69 Å². The maximum atomic E-state index is 12.6. The second-order valence-electron chi connectivity index (χ2n) is 6.78. The number of hydrogen-bond acceptors (Lipinski definition) is 4. The van der Waals surface area contributed by atoms with Gasteiger partial charge in [0.15, 0.2) is 11.5 Å². The van der Waals surface area contributed by atoms with Crippen LogP contribution in [0.3, 0.4) is 0 Å². The maximum Gasteiger partial charge on any atom is 0.244 e. The van der Waals surface area contributed by atoms with Gasteiger partial charge >= 0.3 is 0 Å². The minimum atomic E-state index is -0.105.